The molecule has 0 spiro atoms. The van der Waals surface area contributed by atoms with E-state index in [2.05, 4.69) is 15.5 Å². The standard InChI is InChI=1S/C22H31N5O3/c23-18-15-17(22-25-20(30-26-22)8-5-16-3-1-2-4-16)6-7-19(18)24-10-9-21(28)27-11-13-29-14-12-27/h6-7,15-16,24H,1-5,8-14,23H2. The van der Waals surface area contributed by atoms with Crippen LogP contribution in [0.2, 0.25) is 0 Å². The van der Waals surface area contributed by atoms with Crippen molar-refractivity contribution in [3.63, 3.8) is 0 Å². The number of carbonyl (C=O) groups excluding carboxylic acids is 1. The number of hydrogen-bond donors (Lipinski definition) is 2. The number of morpholine rings is 1. The van der Waals surface area contributed by atoms with Gasteiger partial charge >= 0.3 is 0 Å². The first kappa shape index (κ1) is 20.7. The summed E-state index contributed by atoms with van der Waals surface area (Å²) in [5.74, 6) is 2.20. The van der Waals surface area contributed by atoms with Gasteiger partial charge in [0.25, 0.3) is 0 Å². The fourth-order valence-corrected chi connectivity index (χ4v) is 4.24. The van der Waals surface area contributed by atoms with E-state index in [-0.39, 0.29) is 5.91 Å². The molecule has 1 aromatic heterocycles. The second-order valence-electron chi connectivity index (χ2n) is 8.17. The van der Waals surface area contributed by atoms with Crippen molar-refractivity contribution in [2.24, 2.45) is 5.92 Å². The highest BCUT2D eigenvalue weighted by atomic mass is 16.5. The monoisotopic (exact) mass is 413 g/mol. The minimum Gasteiger partial charge on any atom is -0.397 e. The molecule has 0 atom stereocenters. The number of carbonyl (C=O) groups is 1. The van der Waals surface area contributed by atoms with Gasteiger partial charge < -0.3 is 25.2 Å². The SMILES string of the molecule is Nc1cc(-c2noc(CCC3CCCC3)n2)ccc1NCCC(=O)N1CCOCC1. The third kappa shape index (κ3) is 5.30. The second-order valence-corrected chi connectivity index (χ2v) is 8.17. The minimum atomic E-state index is 0.137. The van der Waals surface area contributed by atoms with E-state index in [0.29, 0.717) is 56.7 Å². The lowest BCUT2D eigenvalue weighted by Gasteiger charge is -2.27. The summed E-state index contributed by atoms with van der Waals surface area (Å²) >= 11 is 0. The molecule has 2 aliphatic rings. The maximum absolute atomic E-state index is 12.2. The van der Waals surface area contributed by atoms with Crippen LogP contribution in [0, 0.1) is 5.92 Å². The number of nitrogens with two attached hydrogens (primary N) is 1. The third-order valence-electron chi connectivity index (χ3n) is 6.04. The van der Waals surface area contributed by atoms with Crippen molar-refractivity contribution >= 4 is 17.3 Å². The number of benzene rings is 1. The Labute approximate surface area is 177 Å². The number of aryl methyl sites for hydroxylation is 1. The summed E-state index contributed by atoms with van der Waals surface area (Å²) in [6, 6.07) is 5.67. The molecule has 30 heavy (non-hydrogen) atoms. The number of anilines is 2. The largest absolute Gasteiger partial charge is 0.397 e. The van der Waals surface area contributed by atoms with E-state index in [1.807, 2.05) is 23.1 Å². The summed E-state index contributed by atoms with van der Waals surface area (Å²) in [5, 5.41) is 7.37. The maximum atomic E-state index is 12.2. The van der Waals surface area contributed by atoms with Crippen LogP contribution >= 0.6 is 0 Å². The van der Waals surface area contributed by atoms with Crippen molar-refractivity contribution < 1.29 is 14.1 Å². The van der Waals surface area contributed by atoms with E-state index < -0.39 is 0 Å². The maximum Gasteiger partial charge on any atom is 0.226 e. The van der Waals surface area contributed by atoms with Crippen LogP contribution < -0.4 is 11.1 Å². The lowest BCUT2D eigenvalue weighted by Crippen LogP contribution is -2.41. The van der Waals surface area contributed by atoms with E-state index >= 15 is 0 Å². The Hall–Kier alpha value is -2.61. The van der Waals surface area contributed by atoms with E-state index in [0.717, 1.165) is 30.0 Å². The van der Waals surface area contributed by atoms with Gasteiger partial charge in [-0.3, -0.25) is 4.79 Å². The van der Waals surface area contributed by atoms with Gasteiger partial charge in [0, 0.05) is 38.0 Å². The molecule has 0 unspecified atom stereocenters. The molecule has 2 heterocycles. The highest BCUT2D eigenvalue weighted by Gasteiger charge is 2.18. The molecule has 4 rings (SSSR count). The molecule has 1 saturated heterocycles. The zero-order valence-electron chi connectivity index (χ0n) is 17.4. The van der Waals surface area contributed by atoms with Crippen molar-refractivity contribution in [1.82, 2.24) is 15.0 Å². The third-order valence-corrected chi connectivity index (χ3v) is 6.04. The normalized spacial score (nSPS) is 17.4. The van der Waals surface area contributed by atoms with Gasteiger partial charge in [-0.1, -0.05) is 30.8 Å². The quantitative estimate of drug-likeness (QED) is 0.640. The first-order valence-corrected chi connectivity index (χ1v) is 11.0. The summed E-state index contributed by atoms with van der Waals surface area (Å²) in [6.45, 7) is 3.11. The number of amides is 1. The van der Waals surface area contributed by atoms with E-state index in [9.17, 15) is 4.79 Å². The van der Waals surface area contributed by atoms with Gasteiger partial charge in [0.1, 0.15) is 0 Å². The van der Waals surface area contributed by atoms with E-state index in [1.54, 1.807) is 0 Å². The number of nitrogen functional groups attached to an aromatic ring is 1. The lowest BCUT2D eigenvalue weighted by atomic mass is 10.0. The molecule has 2 aromatic rings. The van der Waals surface area contributed by atoms with Gasteiger partial charge in [-0.25, -0.2) is 0 Å². The molecular weight excluding hydrogens is 382 g/mol. The zero-order chi connectivity index (χ0) is 20.8. The van der Waals surface area contributed by atoms with Crippen molar-refractivity contribution in [2.45, 2.75) is 44.9 Å². The second kappa shape index (κ2) is 9.93. The highest BCUT2D eigenvalue weighted by Crippen LogP contribution is 2.29. The predicted molar refractivity (Wildman–Crippen MR) is 115 cm³/mol. The first-order chi connectivity index (χ1) is 14.7. The molecule has 0 bridgehead atoms. The van der Waals surface area contributed by atoms with Crippen LogP contribution in [-0.4, -0.2) is 53.8 Å². The average Bonchev–Trinajstić information content (AvgIpc) is 3.46. The molecule has 2 fully saturated rings. The molecule has 162 valence electrons. The van der Waals surface area contributed by atoms with E-state index in [4.69, 9.17) is 15.0 Å². The summed E-state index contributed by atoms with van der Waals surface area (Å²) in [7, 11) is 0. The number of ether oxygens (including phenoxy) is 1. The molecule has 3 N–H and O–H groups in total. The zero-order valence-corrected chi connectivity index (χ0v) is 17.4. The number of nitrogens with zero attached hydrogens (tertiary/aromatic N) is 3. The van der Waals surface area contributed by atoms with Crippen molar-refractivity contribution in [3.05, 3.63) is 24.1 Å². The van der Waals surface area contributed by atoms with Crippen LogP contribution in [0.4, 0.5) is 11.4 Å². The molecule has 1 saturated carbocycles. The van der Waals surface area contributed by atoms with Crippen LogP contribution in [-0.2, 0) is 16.0 Å². The number of rotatable bonds is 8. The topological polar surface area (TPSA) is 107 Å². The van der Waals surface area contributed by atoms with Gasteiger partial charge in [0.2, 0.25) is 17.6 Å². The van der Waals surface area contributed by atoms with E-state index in [1.165, 1.54) is 25.7 Å². The highest BCUT2D eigenvalue weighted by molar-refractivity contribution is 5.78. The number of aromatic nitrogens is 2. The molecule has 8 nitrogen and oxygen atoms in total. The predicted octanol–water partition coefficient (Wildman–Crippen LogP) is 3.10. The fourth-order valence-electron chi connectivity index (χ4n) is 4.24. The summed E-state index contributed by atoms with van der Waals surface area (Å²) in [6.07, 6.45) is 7.73. The number of nitrogens with one attached hydrogen (secondary N) is 1. The van der Waals surface area contributed by atoms with Gasteiger partial charge in [-0.2, -0.15) is 4.98 Å². The van der Waals surface area contributed by atoms with Crippen molar-refractivity contribution in [1.29, 1.82) is 0 Å². The number of hydrogen-bond acceptors (Lipinski definition) is 7. The van der Waals surface area contributed by atoms with Gasteiger partial charge in [0.15, 0.2) is 0 Å². The van der Waals surface area contributed by atoms with Crippen molar-refractivity contribution in [2.75, 3.05) is 43.9 Å². The van der Waals surface area contributed by atoms with Crippen LogP contribution in [0.5, 0.6) is 0 Å². The lowest BCUT2D eigenvalue weighted by molar-refractivity contribution is -0.134. The average molecular weight is 414 g/mol. The molecular formula is C22H31N5O3. The Morgan fingerprint density at radius 3 is 2.80 bits per heavy atom. The summed E-state index contributed by atoms with van der Waals surface area (Å²) in [4.78, 5) is 18.6. The van der Waals surface area contributed by atoms with Gasteiger partial charge in [-0.15, -0.1) is 0 Å². The Bertz CT molecular complexity index is 841. The Balaban J connectivity index is 1.28. The Morgan fingerprint density at radius 1 is 1.23 bits per heavy atom. The van der Waals surface area contributed by atoms with Crippen LogP contribution in [0.15, 0.2) is 22.7 Å². The van der Waals surface area contributed by atoms with Crippen LogP contribution in [0.3, 0.4) is 0 Å². The van der Waals surface area contributed by atoms with Crippen LogP contribution in [0.25, 0.3) is 11.4 Å². The smallest absolute Gasteiger partial charge is 0.226 e. The Kier molecular flexibility index (Phi) is 6.84. The van der Waals surface area contributed by atoms with Crippen LogP contribution in [0.1, 0.15) is 44.4 Å². The molecule has 1 aliphatic carbocycles. The minimum absolute atomic E-state index is 0.137. The summed E-state index contributed by atoms with van der Waals surface area (Å²) in [5.41, 5.74) is 8.44. The first-order valence-electron chi connectivity index (χ1n) is 11.0. The van der Waals surface area contributed by atoms with Crippen molar-refractivity contribution in [3.8, 4) is 11.4 Å². The molecule has 1 aromatic carbocycles. The van der Waals surface area contributed by atoms with Gasteiger partial charge in [-0.05, 0) is 30.5 Å². The van der Waals surface area contributed by atoms with Gasteiger partial charge in [0.05, 0.1) is 24.6 Å². The Morgan fingerprint density at radius 2 is 2.03 bits per heavy atom. The molecule has 8 heteroatoms. The molecule has 1 aliphatic heterocycles. The summed E-state index contributed by atoms with van der Waals surface area (Å²) < 4.78 is 10.7. The molecule has 1 amide bonds. The fraction of sp³-hybridized carbons (Fsp3) is 0.591. The molecule has 0 radical (unpaired) electrons.